The average Bonchev–Trinajstić information content (AvgIpc) is 2.54. The lowest BCUT2D eigenvalue weighted by Gasteiger charge is -2.25. The molecular formula is C16H22N2O3S. The van der Waals surface area contributed by atoms with Crippen LogP contribution in [0.4, 0.5) is 0 Å². The fourth-order valence-corrected chi connectivity index (χ4v) is 3.98. The molecule has 1 saturated heterocycles. The quantitative estimate of drug-likeness (QED) is 0.811. The SMILES string of the molecule is C=CCNC(=O)Cc1ccc(S(=O)(=O)N2CCCCC2)cc1. The standard InChI is InChI=1S/C16H22N2O3S/c1-2-10-17-16(19)13-14-6-8-15(9-7-14)22(20,21)18-11-4-3-5-12-18/h2,6-9H,1,3-5,10-13H2,(H,17,19). The van der Waals surface area contributed by atoms with Gasteiger partial charge in [0.2, 0.25) is 15.9 Å². The third-order valence-electron chi connectivity index (χ3n) is 3.68. The fourth-order valence-electron chi connectivity index (χ4n) is 2.47. The molecule has 22 heavy (non-hydrogen) atoms. The van der Waals surface area contributed by atoms with Crippen molar-refractivity contribution in [1.82, 2.24) is 9.62 Å². The van der Waals surface area contributed by atoms with Gasteiger partial charge in [-0.05, 0) is 30.5 Å². The van der Waals surface area contributed by atoms with Gasteiger partial charge in [0.05, 0.1) is 11.3 Å². The highest BCUT2D eigenvalue weighted by Gasteiger charge is 2.25. The molecule has 1 aliphatic heterocycles. The molecular weight excluding hydrogens is 300 g/mol. The van der Waals surface area contributed by atoms with E-state index in [4.69, 9.17) is 0 Å². The summed E-state index contributed by atoms with van der Waals surface area (Å²) >= 11 is 0. The van der Waals surface area contributed by atoms with Gasteiger partial charge in [0.15, 0.2) is 0 Å². The Hall–Kier alpha value is -1.66. The van der Waals surface area contributed by atoms with Crippen molar-refractivity contribution in [3.63, 3.8) is 0 Å². The summed E-state index contributed by atoms with van der Waals surface area (Å²) in [5.41, 5.74) is 0.791. The van der Waals surface area contributed by atoms with Crippen molar-refractivity contribution in [2.24, 2.45) is 0 Å². The average molecular weight is 322 g/mol. The maximum Gasteiger partial charge on any atom is 0.243 e. The lowest BCUT2D eigenvalue weighted by atomic mass is 10.1. The highest BCUT2D eigenvalue weighted by molar-refractivity contribution is 7.89. The number of nitrogens with one attached hydrogen (secondary N) is 1. The molecule has 5 nitrogen and oxygen atoms in total. The zero-order chi connectivity index (χ0) is 16.0. The van der Waals surface area contributed by atoms with Gasteiger partial charge in [0, 0.05) is 19.6 Å². The van der Waals surface area contributed by atoms with Gasteiger partial charge >= 0.3 is 0 Å². The van der Waals surface area contributed by atoms with Gasteiger partial charge in [-0.15, -0.1) is 6.58 Å². The van der Waals surface area contributed by atoms with Crippen molar-refractivity contribution in [3.05, 3.63) is 42.5 Å². The number of benzene rings is 1. The third kappa shape index (κ3) is 4.18. The van der Waals surface area contributed by atoms with Crippen LogP contribution >= 0.6 is 0 Å². The van der Waals surface area contributed by atoms with E-state index in [9.17, 15) is 13.2 Å². The normalized spacial score (nSPS) is 16.2. The molecule has 0 saturated carbocycles. The zero-order valence-electron chi connectivity index (χ0n) is 12.6. The number of amides is 1. The van der Waals surface area contributed by atoms with Crippen molar-refractivity contribution >= 4 is 15.9 Å². The molecule has 0 aliphatic carbocycles. The Morgan fingerprint density at radius 3 is 2.41 bits per heavy atom. The molecule has 0 spiro atoms. The molecule has 1 amide bonds. The minimum Gasteiger partial charge on any atom is -0.352 e. The second-order valence-corrected chi connectivity index (χ2v) is 7.32. The molecule has 1 N–H and O–H groups in total. The van der Waals surface area contributed by atoms with E-state index in [0.29, 0.717) is 24.5 Å². The van der Waals surface area contributed by atoms with Gasteiger partial charge < -0.3 is 5.32 Å². The van der Waals surface area contributed by atoms with Crippen LogP contribution in [0.25, 0.3) is 0 Å². The summed E-state index contributed by atoms with van der Waals surface area (Å²) in [7, 11) is -3.40. The smallest absolute Gasteiger partial charge is 0.243 e. The van der Waals surface area contributed by atoms with E-state index in [0.717, 1.165) is 24.8 Å². The highest BCUT2D eigenvalue weighted by Crippen LogP contribution is 2.20. The monoisotopic (exact) mass is 322 g/mol. The maximum atomic E-state index is 12.5. The summed E-state index contributed by atoms with van der Waals surface area (Å²) in [5.74, 6) is -0.105. The van der Waals surface area contributed by atoms with Crippen molar-refractivity contribution in [2.45, 2.75) is 30.6 Å². The van der Waals surface area contributed by atoms with E-state index in [1.807, 2.05) is 0 Å². The predicted molar refractivity (Wildman–Crippen MR) is 86.0 cm³/mol. The van der Waals surface area contributed by atoms with Crippen LogP contribution in [0.2, 0.25) is 0 Å². The van der Waals surface area contributed by atoms with E-state index in [2.05, 4.69) is 11.9 Å². The van der Waals surface area contributed by atoms with Crippen LogP contribution in [0, 0.1) is 0 Å². The lowest BCUT2D eigenvalue weighted by Crippen LogP contribution is -2.35. The molecule has 6 heteroatoms. The van der Waals surface area contributed by atoms with Crippen molar-refractivity contribution in [2.75, 3.05) is 19.6 Å². The number of rotatable bonds is 6. The van der Waals surface area contributed by atoms with Crippen molar-refractivity contribution in [3.8, 4) is 0 Å². The first kappa shape index (κ1) is 16.7. The van der Waals surface area contributed by atoms with E-state index >= 15 is 0 Å². The topological polar surface area (TPSA) is 66.5 Å². The Labute approximate surface area is 132 Å². The maximum absolute atomic E-state index is 12.5. The second-order valence-electron chi connectivity index (χ2n) is 5.38. The number of hydrogen-bond donors (Lipinski definition) is 1. The van der Waals surface area contributed by atoms with E-state index in [1.165, 1.54) is 0 Å². The van der Waals surface area contributed by atoms with E-state index in [-0.39, 0.29) is 12.3 Å². The first-order valence-corrected chi connectivity index (χ1v) is 8.95. The lowest BCUT2D eigenvalue weighted by molar-refractivity contribution is -0.120. The Morgan fingerprint density at radius 2 is 1.82 bits per heavy atom. The van der Waals surface area contributed by atoms with Gasteiger partial charge in [0.1, 0.15) is 0 Å². The second kappa shape index (κ2) is 7.56. The summed E-state index contributed by atoms with van der Waals surface area (Å²) in [5, 5.41) is 2.69. The summed E-state index contributed by atoms with van der Waals surface area (Å²) in [6.45, 7) is 5.15. The van der Waals surface area contributed by atoms with Crippen LogP contribution < -0.4 is 5.32 Å². The van der Waals surface area contributed by atoms with Crippen LogP contribution in [0.3, 0.4) is 0 Å². The van der Waals surface area contributed by atoms with Crippen LogP contribution in [-0.2, 0) is 21.2 Å². The van der Waals surface area contributed by atoms with Crippen LogP contribution in [0.15, 0.2) is 41.8 Å². The number of carbonyl (C=O) groups is 1. The van der Waals surface area contributed by atoms with Crippen LogP contribution in [-0.4, -0.2) is 38.3 Å². The number of sulfonamides is 1. The van der Waals surface area contributed by atoms with E-state index in [1.54, 1.807) is 34.6 Å². The number of nitrogens with zero attached hydrogens (tertiary/aromatic N) is 1. The highest BCUT2D eigenvalue weighted by atomic mass is 32.2. The molecule has 1 aliphatic rings. The van der Waals surface area contributed by atoms with Gasteiger partial charge in [-0.3, -0.25) is 4.79 Å². The number of hydrogen-bond acceptors (Lipinski definition) is 3. The molecule has 2 rings (SSSR count). The molecule has 1 heterocycles. The molecule has 0 atom stereocenters. The molecule has 0 unspecified atom stereocenters. The van der Waals surface area contributed by atoms with Gasteiger partial charge in [-0.25, -0.2) is 8.42 Å². The summed E-state index contributed by atoms with van der Waals surface area (Å²) < 4.78 is 26.5. The summed E-state index contributed by atoms with van der Waals surface area (Å²) in [6.07, 6.45) is 4.77. The molecule has 0 bridgehead atoms. The fraction of sp³-hybridized carbons (Fsp3) is 0.438. The Kier molecular flexibility index (Phi) is 5.74. The van der Waals surface area contributed by atoms with Gasteiger partial charge in [-0.1, -0.05) is 24.6 Å². The van der Waals surface area contributed by atoms with Gasteiger partial charge in [-0.2, -0.15) is 4.31 Å². The minimum atomic E-state index is -3.40. The molecule has 120 valence electrons. The van der Waals surface area contributed by atoms with Crippen LogP contribution in [0.1, 0.15) is 24.8 Å². The Balaban J connectivity index is 2.04. The Morgan fingerprint density at radius 1 is 1.18 bits per heavy atom. The largest absolute Gasteiger partial charge is 0.352 e. The molecule has 0 aromatic heterocycles. The first-order chi connectivity index (χ1) is 10.5. The first-order valence-electron chi connectivity index (χ1n) is 7.51. The summed E-state index contributed by atoms with van der Waals surface area (Å²) in [6, 6.07) is 6.56. The minimum absolute atomic E-state index is 0.105. The molecule has 1 aromatic carbocycles. The van der Waals surface area contributed by atoms with Crippen molar-refractivity contribution < 1.29 is 13.2 Å². The van der Waals surface area contributed by atoms with Crippen LogP contribution in [0.5, 0.6) is 0 Å². The molecule has 1 aromatic rings. The van der Waals surface area contributed by atoms with E-state index < -0.39 is 10.0 Å². The van der Waals surface area contributed by atoms with Gasteiger partial charge in [0.25, 0.3) is 0 Å². The number of carbonyl (C=O) groups excluding carboxylic acids is 1. The predicted octanol–water partition coefficient (Wildman–Crippen LogP) is 1.71. The Bertz CT molecular complexity index is 617. The molecule has 1 fully saturated rings. The zero-order valence-corrected chi connectivity index (χ0v) is 13.4. The third-order valence-corrected chi connectivity index (χ3v) is 5.60. The number of piperidine rings is 1. The molecule has 0 radical (unpaired) electrons. The van der Waals surface area contributed by atoms with Crippen molar-refractivity contribution in [1.29, 1.82) is 0 Å². The summed E-state index contributed by atoms with van der Waals surface area (Å²) in [4.78, 5) is 11.9.